The Morgan fingerprint density at radius 3 is 2.90 bits per heavy atom. The van der Waals surface area contributed by atoms with Crippen LogP contribution in [0.4, 0.5) is 5.95 Å². The molecule has 5 nitrogen and oxygen atoms in total. The summed E-state index contributed by atoms with van der Waals surface area (Å²) in [5.74, 6) is 3.34. The molecule has 0 saturated carbocycles. The Bertz CT molecular complexity index is 490. The number of amides is 1. The molecule has 0 spiro atoms. The lowest BCUT2D eigenvalue weighted by Gasteiger charge is -2.28. The van der Waals surface area contributed by atoms with Crippen molar-refractivity contribution in [3.05, 3.63) is 18.0 Å². The third kappa shape index (κ3) is 2.90. The Hall–Kier alpha value is -1.30. The second-order valence-corrected chi connectivity index (χ2v) is 6.59. The Morgan fingerprint density at radius 2 is 2.15 bits per heavy atom. The average Bonchev–Trinajstić information content (AvgIpc) is 2.97. The summed E-state index contributed by atoms with van der Waals surface area (Å²) in [7, 11) is 0. The molecule has 0 aliphatic carbocycles. The SMILES string of the molecule is Cc1ccnc(N2CCC(C(=O)N3CCSCC3)C2)n1. The monoisotopic (exact) mass is 292 g/mol. The number of nitrogens with zero attached hydrogens (tertiary/aromatic N) is 4. The van der Waals surface area contributed by atoms with Crippen LogP contribution in [-0.2, 0) is 4.79 Å². The van der Waals surface area contributed by atoms with Crippen molar-refractivity contribution in [1.82, 2.24) is 14.9 Å². The van der Waals surface area contributed by atoms with Gasteiger partial charge in [-0.1, -0.05) is 0 Å². The van der Waals surface area contributed by atoms with Crippen molar-refractivity contribution >= 4 is 23.6 Å². The topological polar surface area (TPSA) is 49.3 Å². The van der Waals surface area contributed by atoms with Crippen LogP contribution in [-0.4, -0.2) is 58.5 Å². The molecular weight excluding hydrogens is 272 g/mol. The third-order valence-corrected chi connectivity index (χ3v) is 4.87. The number of aryl methyl sites for hydroxylation is 1. The van der Waals surface area contributed by atoms with Gasteiger partial charge in [0, 0.05) is 49.6 Å². The summed E-state index contributed by atoms with van der Waals surface area (Å²) in [6.45, 7) is 5.41. The average molecular weight is 292 g/mol. The first-order valence-corrected chi connectivity index (χ1v) is 8.30. The second-order valence-electron chi connectivity index (χ2n) is 5.37. The van der Waals surface area contributed by atoms with E-state index in [-0.39, 0.29) is 5.92 Å². The lowest BCUT2D eigenvalue weighted by atomic mass is 10.1. The molecule has 0 N–H and O–H groups in total. The fourth-order valence-electron chi connectivity index (χ4n) is 2.77. The molecule has 0 aromatic carbocycles. The van der Waals surface area contributed by atoms with Crippen LogP contribution in [0.2, 0.25) is 0 Å². The van der Waals surface area contributed by atoms with Crippen molar-refractivity contribution in [2.24, 2.45) is 5.92 Å². The van der Waals surface area contributed by atoms with E-state index < -0.39 is 0 Å². The van der Waals surface area contributed by atoms with Crippen molar-refractivity contribution in [2.75, 3.05) is 42.6 Å². The molecular formula is C14H20N4OS. The fourth-order valence-corrected chi connectivity index (χ4v) is 3.68. The van der Waals surface area contributed by atoms with E-state index in [9.17, 15) is 4.79 Å². The van der Waals surface area contributed by atoms with Gasteiger partial charge in [0.15, 0.2) is 0 Å². The van der Waals surface area contributed by atoms with Gasteiger partial charge in [-0.2, -0.15) is 11.8 Å². The van der Waals surface area contributed by atoms with Gasteiger partial charge in [-0.25, -0.2) is 9.97 Å². The normalized spacial score (nSPS) is 23.1. The molecule has 2 aliphatic heterocycles. The van der Waals surface area contributed by atoms with E-state index in [0.717, 1.165) is 55.7 Å². The summed E-state index contributed by atoms with van der Waals surface area (Å²) < 4.78 is 0. The molecule has 0 bridgehead atoms. The van der Waals surface area contributed by atoms with E-state index in [1.165, 1.54) is 0 Å². The summed E-state index contributed by atoms with van der Waals surface area (Å²) in [6, 6.07) is 1.90. The van der Waals surface area contributed by atoms with Crippen LogP contribution in [0.5, 0.6) is 0 Å². The highest BCUT2D eigenvalue weighted by atomic mass is 32.2. The van der Waals surface area contributed by atoms with E-state index in [2.05, 4.69) is 14.9 Å². The molecule has 1 unspecified atom stereocenters. The molecule has 2 aliphatic rings. The molecule has 6 heteroatoms. The number of hydrogen-bond donors (Lipinski definition) is 0. The zero-order chi connectivity index (χ0) is 13.9. The van der Waals surface area contributed by atoms with Crippen molar-refractivity contribution in [1.29, 1.82) is 0 Å². The second kappa shape index (κ2) is 5.99. The Labute approximate surface area is 123 Å². The van der Waals surface area contributed by atoms with Crippen LogP contribution >= 0.6 is 11.8 Å². The van der Waals surface area contributed by atoms with E-state index in [4.69, 9.17) is 0 Å². The highest BCUT2D eigenvalue weighted by Crippen LogP contribution is 2.23. The zero-order valence-corrected chi connectivity index (χ0v) is 12.6. The number of rotatable bonds is 2. The molecule has 1 aromatic rings. The van der Waals surface area contributed by atoms with Crippen LogP contribution in [0.1, 0.15) is 12.1 Å². The van der Waals surface area contributed by atoms with Crippen molar-refractivity contribution in [3.8, 4) is 0 Å². The number of carbonyl (C=O) groups excluding carboxylic acids is 1. The van der Waals surface area contributed by atoms with Crippen molar-refractivity contribution in [2.45, 2.75) is 13.3 Å². The minimum absolute atomic E-state index is 0.113. The van der Waals surface area contributed by atoms with Gasteiger partial charge in [0.05, 0.1) is 5.92 Å². The van der Waals surface area contributed by atoms with E-state index in [1.54, 1.807) is 6.20 Å². The minimum atomic E-state index is 0.113. The summed E-state index contributed by atoms with van der Waals surface area (Å²) >= 11 is 1.93. The maximum Gasteiger partial charge on any atom is 0.227 e. The Morgan fingerprint density at radius 1 is 1.35 bits per heavy atom. The van der Waals surface area contributed by atoms with Gasteiger partial charge in [-0.15, -0.1) is 0 Å². The number of thioether (sulfide) groups is 1. The Balaban J connectivity index is 1.63. The number of aromatic nitrogens is 2. The van der Waals surface area contributed by atoms with Crippen LogP contribution in [0.15, 0.2) is 12.3 Å². The number of carbonyl (C=O) groups is 1. The molecule has 2 saturated heterocycles. The first-order chi connectivity index (χ1) is 9.74. The fraction of sp³-hybridized carbons (Fsp3) is 0.643. The summed E-state index contributed by atoms with van der Waals surface area (Å²) in [4.78, 5) is 25.4. The number of anilines is 1. The standard InChI is InChI=1S/C14H20N4OS/c1-11-2-4-15-14(16-11)18-5-3-12(10-18)13(19)17-6-8-20-9-7-17/h2,4,12H,3,5-10H2,1H3. The van der Waals surface area contributed by atoms with Crippen LogP contribution in [0, 0.1) is 12.8 Å². The molecule has 3 heterocycles. The smallest absolute Gasteiger partial charge is 0.227 e. The summed E-state index contributed by atoms with van der Waals surface area (Å²) in [6.07, 6.45) is 2.70. The predicted molar refractivity (Wildman–Crippen MR) is 81.0 cm³/mol. The maximum absolute atomic E-state index is 12.5. The summed E-state index contributed by atoms with van der Waals surface area (Å²) in [5, 5.41) is 0. The van der Waals surface area contributed by atoms with Crippen molar-refractivity contribution in [3.63, 3.8) is 0 Å². The quantitative estimate of drug-likeness (QED) is 0.819. The van der Waals surface area contributed by atoms with Crippen LogP contribution in [0.3, 0.4) is 0 Å². The van der Waals surface area contributed by atoms with E-state index in [0.29, 0.717) is 5.91 Å². The molecule has 1 atom stereocenters. The molecule has 20 heavy (non-hydrogen) atoms. The van der Waals surface area contributed by atoms with E-state index >= 15 is 0 Å². The lowest BCUT2D eigenvalue weighted by molar-refractivity contribution is -0.134. The molecule has 108 valence electrons. The van der Waals surface area contributed by atoms with E-state index in [1.807, 2.05) is 29.7 Å². The highest BCUT2D eigenvalue weighted by molar-refractivity contribution is 7.99. The zero-order valence-electron chi connectivity index (χ0n) is 11.8. The minimum Gasteiger partial charge on any atom is -0.341 e. The first kappa shape index (κ1) is 13.7. The molecule has 1 amide bonds. The Kier molecular flexibility index (Phi) is 4.10. The van der Waals surface area contributed by atoms with Gasteiger partial charge in [0.2, 0.25) is 11.9 Å². The van der Waals surface area contributed by atoms with Crippen molar-refractivity contribution < 1.29 is 4.79 Å². The van der Waals surface area contributed by atoms with Gasteiger partial charge >= 0.3 is 0 Å². The number of hydrogen-bond acceptors (Lipinski definition) is 5. The predicted octanol–water partition coefficient (Wildman–Crippen LogP) is 1.19. The largest absolute Gasteiger partial charge is 0.341 e. The highest BCUT2D eigenvalue weighted by Gasteiger charge is 2.32. The third-order valence-electron chi connectivity index (χ3n) is 3.93. The van der Waals surface area contributed by atoms with Crippen LogP contribution < -0.4 is 4.90 Å². The molecule has 3 rings (SSSR count). The molecule has 1 aromatic heterocycles. The van der Waals surface area contributed by atoms with Gasteiger partial charge < -0.3 is 9.80 Å². The lowest BCUT2D eigenvalue weighted by Crippen LogP contribution is -2.42. The maximum atomic E-state index is 12.5. The van der Waals surface area contributed by atoms with Gasteiger partial charge in [-0.05, 0) is 19.4 Å². The first-order valence-electron chi connectivity index (χ1n) is 7.15. The molecule has 0 radical (unpaired) electrons. The van der Waals surface area contributed by atoms with Gasteiger partial charge in [0.25, 0.3) is 0 Å². The van der Waals surface area contributed by atoms with Crippen LogP contribution in [0.25, 0.3) is 0 Å². The summed E-state index contributed by atoms with van der Waals surface area (Å²) in [5.41, 5.74) is 0.970. The van der Waals surface area contributed by atoms with Gasteiger partial charge in [-0.3, -0.25) is 4.79 Å². The van der Waals surface area contributed by atoms with Gasteiger partial charge in [0.1, 0.15) is 0 Å². The molecule has 2 fully saturated rings.